The third-order valence-corrected chi connectivity index (χ3v) is 0.942. The van der Waals surface area contributed by atoms with Gasteiger partial charge in [-0.05, 0) is 0 Å². The number of hydrogen-bond acceptors (Lipinski definition) is 3. The van der Waals surface area contributed by atoms with Crippen LogP contribution in [0.2, 0.25) is 0 Å². The second-order valence-electron chi connectivity index (χ2n) is 1.50. The Morgan fingerprint density at radius 2 is 2.67 bits per heavy atom. The van der Waals surface area contributed by atoms with E-state index in [1.165, 1.54) is 20.5 Å². The van der Waals surface area contributed by atoms with E-state index in [0.717, 1.165) is 0 Å². The molecule has 9 heavy (non-hydrogen) atoms. The van der Waals surface area contributed by atoms with E-state index in [0.29, 0.717) is 5.46 Å². The molecule has 0 aromatic carbocycles. The van der Waals surface area contributed by atoms with Crippen LogP contribution in [-0.2, 0) is 4.74 Å². The van der Waals surface area contributed by atoms with Crippen LogP contribution in [0.25, 0.3) is 0 Å². The molecule has 0 spiro atoms. The van der Waals surface area contributed by atoms with Gasteiger partial charge in [-0.3, -0.25) is 0 Å². The Bertz CT molecular complexity index is 192. The minimum absolute atomic E-state index is 0.372. The van der Waals surface area contributed by atoms with Crippen LogP contribution in [0.5, 0.6) is 0 Å². The number of carbonyl (C=O) groups excluding carboxylic acids is 1. The van der Waals surface area contributed by atoms with Gasteiger partial charge in [0.05, 0.1) is 0 Å². The molecule has 1 aromatic heterocycles. The molecule has 0 unspecified atom stereocenters. The second-order valence-corrected chi connectivity index (χ2v) is 1.50. The van der Waals surface area contributed by atoms with Crippen LogP contribution in [0.3, 0.4) is 0 Å². The molecule has 0 aliphatic heterocycles. The van der Waals surface area contributed by atoms with E-state index in [-0.39, 0.29) is 5.97 Å². The molecule has 0 N–H and O–H groups in total. The van der Waals surface area contributed by atoms with Gasteiger partial charge in [-0.1, -0.05) is 0 Å². The normalized spacial score (nSPS) is 8.56. The summed E-state index contributed by atoms with van der Waals surface area (Å²) < 4.78 is 9.03. The number of carbonyl (C=O) groups is 1. The quantitative estimate of drug-likeness (QED) is 0.508. The third kappa shape index (κ3) is 1.19. The molecule has 0 aliphatic carbocycles. The summed E-state index contributed by atoms with van der Waals surface area (Å²) >= 11 is 0. The van der Waals surface area contributed by atoms with Crippen molar-refractivity contribution in [1.29, 1.82) is 0 Å². The first-order valence-electron chi connectivity index (χ1n) is 2.45. The first-order chi connectivity index (χ1) is 4.34. The summed E-state index contributed by atoms with van der Waals surface area (Å²) in [6.45, 7) is 0. The summed E-state index contributed by atoms with van der Waals surface area (Å²) in [6.07, 6.45) is 1.42. The van der Waals surface area contributed by atoms with Crippen molar-refractivity contribution in [2.24, 2.45) is 0 Å². The predicted molar refractivity (Wildman–Crippen MR) is 31.4 cm³/mol. The van der Waals surface area contributed by atoms with Gasteiger partial charge in [0.25, 0.3) is 0 Å². The number of esters is 1. The van der Waals surface area contributed by atoms with E-state index < -0.39 is 0 Å². The summed E-state index contributed by atoms with van der Waals surface area (Å²) in [7, 11) is 2.67. The van der Waals surface area contributed by atoms with Crippen molar-refractivity contribution in [3.63, 3.8) is 0 Å². The van der Waals surface area contributed by atoms with E-state index in [4.69, 9.17) is 0 Å². The standard InChI is InChI=1S/C5H5BO3/c1-8-5(7)4-2-3-9-6-4/h2-3H,1H3. The third-order valence-electron chi connectivity index (χ3n) is 0.942. The van der Waals surface area contributed by atoms with Crippen molar-refractivity contribution >= 4 is 13.1 Å². The van der Waals surface area contributed by atoms with E-state index in [1.807, 2.05) is 0 Å². The van der Waals surface area contributed by atoms with Crippen molar-refractivity contribution in [2.45, 2.75) is 0 Å². The molecule has 4 heteroatoms. The number of rotatable bonds is 1. The van der Waals surface area contributed by atoms with Crippen molar-refractivity contribution in [1.82, 2.24) is 0 Å². The number of methoxy groups -OCH3 is 1. The van der Waals surface area contributed by atoms with Gasteiger partial charge in [-0.25, -0.2) is 0 Å². The molecule has 0 aliphatic rings. The van der Waals surface area contributed by atoms with E-state index >= 15 is 0 Å². The van der Waals surface area contributed by atoms with Crippen LogP contribution in [0.4, 0.5) is 0 Å². The first kappa shape index (κ1) is 6.07. The minimum atomic E-state index is -0.372. The molecule has 3 nitrogen and oxygen atoms in total. The summed E-state index contributed by atoms with van der Waals surface area (Å²) in [6, 6.07) is 1.55. The molecule has 1 rings (SSSR count). The van der Waals surface area contributed by atoms with Gasteiger partial charge >= 0.3 is 51.9 Å². The fraction of sp³-hybridized carbons (Fsp3) is 0.200. The van der Waals surface area contributed by atoms with Crippen LogP contribution in [0.15, 0.2) is 16.7 Å². The van der Waals surface area contributed by atoms with E-state index in [9.17, 15) is 4.79 Å². The molecule has 0 fully saturated rings. The van der Waals surface area contributed by atoms with Gasteiger partial charge in [0.1, 0.15) is 0 Å². The van der Waals surface area contributed by atoms with Crippen LogP contribution in [0.1, 0.15) is 10.3 Å². The topological polar surface area (TPSA) is 39.4 Å². The zero-order chi connectivity index (χ0) is 6.69. The zero-order valence-electron chi connectivity index (χ0n) is 4.96. The molecule has 0 amide bonds. The fourth-order valence-corrected chi connectivity index (χ4v) is 0.498. The first-order valence-corrected chi connectivity index (χ1v) is 2.45. The molecule has 0 radical (unpaired) electrons. The summed E-state index contributed by atoms with van der Waals surface area (Å²) in [5.41, 5.74) is 0.442. The molecule has 46 valence electrons. The van der Waals surface area contributed by atoms with Gasteiger partial charge in [0, 0.05) is 0 Å². The Morgan fingerprint density at radius 1 is 1.89 bits per heavy atom. The van der Waals surface area contributed by atoms with Crippen LogP contribution in [-0.4, -0.2) is 20.2 Å². The SMILES string of the molecule is COC(=O)c1bocc1. The Morgan fingerprint density at radius 3 is 3.11 bits per heavy atom. The van der Waals surface area contributed by atoms with Crippen molar-refractivity contribution in [3.8, 4) is 0 Å². The summed E-state index contributed by atoms with van der Waals surface area (Å²) in [5, 5.41) is 0. The van der Waals surface area contributed by atoms with Crippen LogP contribution in [0, 0.1) is 0 Å². The van der Waals surface area contributed by atoms with Crippen molar-refractivity contribution in [2.75, 3.05) is 7.11 Å². The Kier molecular flexibility index (Phi) is 1.67. The molecule has 1 heterocycles. The number of hydrogen-bond donors (Lipinski definition) is 0. The predicted octanol–water partition coefficient (Wildman–Crippen LogP) is 0.404. The van der Waals surface area contributed by atoms with Gasteiger partial charge < -0.3 is 0 Å². The van der Waals surface area contributed by atoms with E-state index in [2.05, 4.69) is 9.07 Å². The van der Waals surface area contributed by atoms with Gasteiger partial charge in [-0.15, -0.1) is 0 Å². The maximum absolute atomic E-state index is 10.6. The fourth-order valence-electron chi connectivity index (χ4n) is 0.498. The molecular weight excluding hydrogens is 119 g/mol. The van der Waals surface area contributed by atoms with Gasteiger partial charge in [0.2, 0.25) is 0 Å². The maximum atomic E-state index is 10.6. The molecule has 1 aromatic rings. The summed E-state index contributed by atoms with van der Waals surface area (Å²) in [5.74, 6) is -0.372. The molecule has 0 bridgehead atoms. The Balaban J connectivity index is 2.77. The average Bonchev–Trinajstić information content (AvgIpc) is 2.37. The van der Waals surface area contributed by atoms with Gasteiger partial charge in [-0.2, -0.15) is 0 Å². The average molecular weight is 124 g/mol. The second kappa shape index (κ2) is 2.48. The zero-order valence-corrected chi connectivity index (χ0v) is 4.96. The van der Waals surface area contributed by atoms with E-state index in [1.54, 1.807) is 6.07 Å². The van der Waals surface area contributed by atoms with Crippen LogP contribution >= 0.6 is 0 Å². The molecule has 0 saturated carbocycles. The van der Waals surface area contributed by atoms with Crippen molar-refractivity contribution in [3.05, 3.63) is 17.8 Å². The Hall–Kier alpha value is -1.06. The molecule has 0 atom stereocenters. The molecular formula is C5H5BO3. The monoisotopic (exact) mass is 124 g/mol. The molecule has 0 saturated heterocycles. The van der Waals surface area contributed by atoms with Gasteiger partial charge in [0.15, 0.2) is 0 Å². The Labute approximate surface area is 52.9 Å². The van der Waals surface area contributed by atoms with Crippen molar-refractivity contribution < 1.29 is 13.9 Å². The number of ether oxygens (including phenoxy) is 1. The summed E-state index contributed by atoms with van der Waals surface area (Å²) in [4.78, 5) is 10.6. The van der Waals surface area contributed by atoms with Crippen LogP contribution < -0.4 is 0 Å².